The monoisotopic (exact) mass is 391 g/mol. The van der Waals surface area contributed by atoms with Crippen molar-refractivity contribution in [2.24, 2.45) is 0 Å². The van der Waals surface area contributed by atoms with Crippen molar-refractivity contribution < 1.29 is 4.79 Å². The lowest BCUT2D eigenvalue weighted by atomic mass is 10.2. The molecule has 2 N–H and O–H groups in total. The molecule has 0 bridgehead atoms. The number of carbonyl (C=O) groups excluding carboxylic acids is 1. The van der Waals surface area contributed by atoms with Gasteiger partial charge in [0.05, 0.1) is 10.9 Å². The lowest BCUT2D eigenvalue weighted by Gasteiger charge is -2.15. The summed E-state index contributed by atoms with van der Waals surface area (Å²) in [6.45, 7) is 6.03. The molecule has 0 fully saturated rings. The molecule has 0 saturated carbocycles. The van der Waals surface area contributed by atoms with E-state index in [1.165, 1.54) is 17.8 Å². The van der Waals surface area contributed by atoms with Gasteiger partial charge < -0.3 is 10.3 Å². The smallest absolute Gasteiger partial charge is 0.251 e. The summed E-state index contributed by atoms with van der Waals surface area (Å²) in [5, 5.41) is 3.14. The van der Waals surface area contributed by atoms with E-state index in [2.05, 4.69) is 22.2 Å². The summed E-state index contributed by atoms with van der Waals surface area (Å²) >= 11 is 3.06. The van der Waals surface area contributed by atoms with Crippen LogP contribution in [0.3, 0.4) is 0 Å². The Kier molecular flexibility index (Phi) is 8.25. The summed E-state index contributed by atoms with van der Waals surface area (Å²) in [4.78, 5) is 31.8. The highest BCUT2D eigenvalue weighted by atomic mass is 32.2. The number of hydrogen-bond acceptors (Lipinski definition) is 5. The van der Waals surface area contributed by atoms with Gasteiger partial charge in [0, 0.05) is 17.5 Å². The van der Waals surface area contributed by atoms with Crippen molar-refractivity contribution in [1.29, 1.82) is 0 Å². The lowest BCUT2D eigenvalue weighted by Crippen LogP contribution is -2.25. The van der Waals surface area contributed by atoms with Crippen molar-refractivity contribution in [3.05, 3.63) is 51.9 Å². The summed E-state index contributed by atoms with van der Waals surface area (Å²) in [5.74, 6) is 1.66. The fourth-order valence-electron chi connectivity index (χ4n) is 2.32. The van der Waals surface area contributed by atoms with Crippen molar-refractivity contribution in [2.75, 3.05) is 11.1 Å². The van der Waals surface area contributed by atoms with Gasteiger partial charge >= 0.3 is 0 Å². The van der Waals surface area contributed by atoms with E-state index in [-0.39, 0.29) is 16.7 Å². The van der Waals surface area contributed by atoms with Crippen LogP contribution in [0.4, 0.5) is 5.69 Å². The molecule has 26 heavy (non-hydrogen) atoms. The number of anilines is 1. The maximum Gasteiger partial charge on any atom is 0.251 e. The van der Waals surface area contributed by atoms with Gasteiger partial charge in [-0.25, -0.2) is 4.98 Å². The number of thioether (sulfide) groups is 2. The highest BCUT2D eigenvalue weighted by molar-refractivity contribution is 8.00. The Bertz CT molecular complexity index is 792. The standard InChI is InChI=1S/C19H25N3O2S2/c1-4-10-25-12-14-11-17(23)22-19(20-14)26-16(5-2)18(24)21-15-9-7-6-8-13(15)3/h6-9,11,16H,4-5,10,12H2,1-3H3,(H,21,24)(H,20,22,23). The Labute approximate surface area is 162 Å². The first-order valence-electron chi connectivity index (χ1n) is 8.74. The van der Waals surface area contributed by atoms with E-state index < -0.39 is 0 Å². The predicted octanol–water partition coefficient (Wildman–Crippen LogP) is 4.23. The normalized spacial score (nSPS) is 12.0. The zero-order valence-corrected chi connectivity index (χ0v) is 17.0. The number of carbonyl (C=O) groups is 1. The molecule has 1 amide bonds. The van der Waals surface area contributed by atoms with Gasteiger partial charge in [0.15, 0.2) is 5.16 Å². The van der Waals surface area contributed by atoms with Gasteiger partial charge in [0.25, 0.3) is 5.56 Å². The second-order valence-corrected chi connectivity index (χ2v) is 8.21. The maximum absolute atomic E-state index is 12.6. The van der Waals surface area contributed by atoms with Gasteiger partial charge in [0.2, 0.25) is 5.91 Å². The summed E-state index contributed by atoms with van der Waals surface area (Å²) in [5.41, 5.74) is 2.40. The summed E-state index contributed by atoms with van der Waals surface area (Å²) in [6.07, 6.45) is 1.73. The number of benzene rings is 1. The third-order valence-electron chi connectivity index (χ3n) is 3.69. The predicted molar refractivity (Wildman–Crippen MR) is 111 cm³/mol. The molecule has 1 atom stereocenters. The molecule has 0 spiro atoms. The third kappa shape index (κ3) is 6.21. The van der Waals surface area contributed by atoms with Gasteiger partial charge in [-0.15, -0.1) is 0 Å². The fourth-order valence-corrected chi connectivity index (χ4v) is 4.04. The highest BCUT2D eigenvalue weighted by Gasteiger charge is 2.20. The number of amides is 1. The maximum atomic E-state index is 12.6. The molecule has 2 rings (SSSR count). The molecule has 0 aliphatic carbocycles. The Balaban J connectivity index is 2.08. The highest BCUT2D eigenvalue weighted by Crippen LogP contribution is 2.24. The molecule has 2 aromatic rings. The van der Waals surface area contributed by atoms with E-state index in [1.807, 2.05) is 38.1 Å². The first-order chi connectivity index (χ1) is 12.5. The number of nitrogens with one attached hydrogen (secondary N) is 2. The third-order valence-corrected chi connectivity index (χ3v) is 6.14. The topological polar surface area (TPSA) is 74.8 Å². The summed E-state index contributed by atoms with van der Waals surface area (Å²) in [7, 11) is 0. The first-order valence-corrected chi connectivity index (χ1v) is 10.8. The molecule has 1 heterocycles. The van der Waals surface area contributed by atoms with Gasteiger partial charge in [-0.2, -0.15) is 11.8 Å². The quantitative estimate of drug-likeness (QED) is 0.380. The minimum atomic E-state index is -0.323. The van der Waals surface area contributed by atoms with Crippen LogP contribution in [0.25, 0.3) is 0 Å². The zero-order valence-electron chi connectivity index (χ0n) is 15.4. The van der Waals surface area contributed by atoms with E-state index in [9.17, 15) is 9.59 Å². The van der Waals surface area contributed by atoms with Gasteiger partial charge in [-0.1, -0.05) is 43.8 Å². The molecular weight excluding hydrogens is 366 g/mol. The number of rotatable bonds is 9. The average Bonchev–Trinajstić information content (AvgIpc) is 2.61. The number of para-hydroxylation sites is 1. The molecular formula is C19H25N3O2S2. The second kappa shape index (κ2) is 10.4. The SMILES string of the molecule is CCCSCc1cc(=O)[nH]c(SC(CC)C(=O)Nc2ccccc2C)n1. The molecule has 7 heteroatoms. The Morgan fingerprint density at radius 1 is 1.31 bits per heavy atom. The largest absolute Gasteiger partial charge is 0.325 e. The molecule has 0 radical (unpaired) electrons. The molecule has 0 aliphatic heterocycles. The van der Waals surface area contributed by atoms with Crippen LogP contribution < -0.4 is 10.9 Å². The fraction of sp³-hybridized carbons (Fsp3) is 0.421. The number of nitrogens with zero attached hydrogens (tertiary/aromatic N) is 1. The molecule has 0 saturated heterocycles. The molecule has 0 aliphatic rings. The number of H-pyrrole nitrogens is 1. The van der Waals surface area contributed by atoms with Crippen LogP contribution in [0.15, 0.2) is 40.3 Å². The van der Waals surface area contributed by atoms with Gasteiger partial charge in [-0.05, 0) is 37.1 Å². The zero-order chi connectivity index (χ0) is 18.9. The van der Waals surface area contributed by atoms with E-state index in [1.54, 1.807) is 11.8 Å². The van der Waals surface area contributed by atoms with Crippen LogP contribution in [-0.2, 0) is 10.5 Å². The minimum Gasteiger partial charge on any atom is -0.325 e. The minimum absolute atomic E-state index is 0.0831. The van der Waals surface area contributed by atoms with E-state index in [0.29, 0.717) is 17.3 Å². The lowest BCUT2D eigenvalue weighted by molar-refractivity contribution is -0.115. The van der Waals surface area contributed by atoms with Crippen molar-refractivity contribution in [3.8, 4) is 0 Å². The molecule has 5 nitrogen and oxygen atoms in total. The average molecular weight is 392 g/mol. The van der Waals surface area contributed by atoms with E-state index in [0.717, 1.165) is 29.1 Å². The van der Waals surface area contributed by atoms with Crippen LogP contribution in [0.1, 0.15) is 37.9 Å². The Morgan fingerprint density at radius 3 is 2.77 bits per heavy atom. The number of aryl methyl sites for hydroxylation is 1. The Hall–Kier alpha value is -1.73. The number of aromatic amines is 1. The van der Waals surface area contributed by atoms with Crippen molar-refractivity contribution in [3.63, 3.8) is 0 Å². The van der Waals surface area contributed by atoms with E-state index in [4.69, 9.17) is 0 Å². The van der Waals surface area contributed by atoms with Crippen molar-refractivity contribution >= 4 is 35.1 Å². The van der Waals surface area contributed by atoms with Crippen LogP contribution in [-0.4, -0.2) is 26.9 Å². The van der Waals surface area contributed by atoms with Crippen LogP contribution in [0.5, 0.6) is 0 Å². The van der Waals surface area contributed by atoms with Crippen LogP contribution >= 0.6 is 23.5 Å². The number of aromatic nitrogens is 2. The molecule has 1 aromatic carbocycles. The summed E-state index contributed by atoms with van der Waals surface area (Å²) in [6, 6.07) is 9.21. The molecule has 1 aromatic heterocycles. The van der Waals surface area contributed by atoms with Gasteiger partial charge in [0.1, 0.15) is 0 Å². The summed E-state index contributed by atoms with van der Waals surface area (Å²) < 4.78 is 0. The van der Waals surface area contributed by atoms with Crippen LogP contribution in [0.2, 0.25) is 0 Å². The van der Waals surface area contributed by atoms with Gasteiger partial charge in [-0.3, -0.25) is 9.59 Å². The first kappa shape index (κ1) is 20.6. The van der Waals surface area contributed by atoms with Crippen LogP contribution in [0, 0.1) is 6.92 Å². The molecule has 140 valence electrons. The Morgan fingerprint density at radius 2 is 2.08 bits per heavy atom. The van der Waals surface area contributed by atoms with E-state index >= 15 is 0 Å². The molecule has 1 unspecified atom stereocenters. The number of hydrogen-bond donors (Lipinski definition) is 2. The van der Waals surface area contributed by atoms with Crippen molar-refractivity contribution in [1.82, 2.24) is 9.97 Å². The second-order valence-electron chi connectivity index (χ2n) is 5.91. The van der Waals surface area contributed by atoms with Crippen molar-refractivity contribution in [2.45, 2.75) is 49.8 Å².